The van der Waals surface area contributed by atoms with Gasteiger partial charge in [0, 0.05) is 0 Å². The molecule has 0 fully saturated rings. The van der Waals surface area contributed by atoms with Gasteiger partial charge in [0.15, 0.2) is 0 Å². The van der Waals surface area contributed by atoms with Crippen LogP contribution in [0.25, 0.3) is 0 Å². The first-order valence-corrected chi connectivity index (χ1v) is 7.21. The lowest BCUT2D eigenvalue weighted by atomic mass is 10.1. The summed E-state index contributed by atoms with van der Waals surface area (Å²) in [7, 11) is 0. The summed E-state index contributed by atoms with van der Waals surface area (Å²) in [5, 5.41) is 32.9. The second-order valence-corrected chi connectivity index (χ2v) is 5.26. The van der Waals surface area contributed by atoms with E-state index < -0.39 is 66.9 Å². The lowest BCUT2D eigenvalue weighted by molar-refractivity contribution is -0.147. The molecule has 8 N–H and O–H groups in total. The molecule has 12 heteroatoms. The Balaban J connectivity index is 4.82. The van der Waals surface area contributed by atoms with Gasteiger partial charge in [0.25, 0.3) is 0 Å². The number of hydrogen-bond acceptors (Lipinski definition) is 7. The number of nitrogens with one attached hydrogen (secondary N) is 3. The molecule has 4 atom stereocenters. The summed E-state index contributed by atoms with van der Waals surface area (Å²) in [6, 6.07) is -5.20. The van der Waals surface area contributed by atoms with E-state index in [1.165, 1.54) is 13.8 Å². The zero-order chi connectivity index (χ0) is 19.7. The van der Waals surface area contributed by atoms with Crippen LogP contribution in [-0.4, -0.2) is 75.8 Å². The molecule has 0 saturated carbocycles. The van der Waals surface area contributed by atoms with Crippen LogP contribution < -0.4 is 21.7 Å². The number of carboxylic acids is 2. The van der Waals surface area contributed by atoms with Gasteiger partial charge in [-0.25, -0.2) is 4.79 Å². The fourth-order valence-electron chi connectivity index (χ4n) is 1.55. The number of hydrogen-bond donors (Lipinski definition) is 7. The van der Waals surface area contributed by atoms with Crippen molar-refractivity contribution in [2.24, 2.45) is 5.73 Å². The van der Waals surface area contributed by atoms with Crippen molar-refractivity contribution in [1.29, 1.82) is 0 Å². The molecule has 12 nitrogen and oxygen atoms in total. The van der Waals surface area contributed by atoms with E-state index in [0.717, 1.165) is 0 Å². The summed E-state index contributed by atoms with van der Waals surface area (Å²) in [4.78, 5) is 56.7. The number of amides is 3. The topological polar surface area (TPSA) is 208 Å². The third-order valence-corrected chi connectivity index (χ3v) is 2.97. The highest BCUT2D eigenvalue weighted by Crippen LogP contribution is 1.96. The number of carbonyl (C=O) groups excluding carboxylic acids is 3. The van der Waals surface area contributed by atoms with Crippen LogP contribution in [0.4, 0.5) is 0 Å². The fraction of sp³-hybridized carbons (Fsp3) is 0.615. The van der Waals surface area contributed by atoms with E-state index in [1.807, 2.05) is 5.32 Å². The third kappa shape index (κ3) is 8.08. The standard InChI is InChI=1S/C13H22N4O8/c1-5(14)10(21)15-6(2)11(22)17-8(4-18)12(23)16-7(13(24)25)3-9(19)20/h5-8,18H,3-4,14H2,1-2H3,(H,15,21)(H,16,23)(H,17,22)(H,19,20)(H,24,25). The first-order chi connectivity index (χ1) is 11.5. The van der Waals surface area contributed by atoms with Crippen LogP contribution in [0, 0.1) is 0 Å². The third-order valence-electron chi connectivity index (χ3n) is 2.97. The van der Waals surface area contributed by atoms with Gasteiger partial charge in [-0.2, -0.15) is 0 Å². The molecule has 3 amide bonds. The van der Waals surface area contributed by atoms with E-state index in [2.05, 4.69) is 10.6 Å². The van der Waals surface area contributed by atoms with Gasteiger partial charge in [-0.15, -0.1) is 0 Å². The number of nitrogens with two attached hydrogens (primary N) is 1. The summed E-state index contributed by atoms with van der Waals surface area (Å²) in [6.45, 7) is 1.84. The molecule has 0 bridgehead atoms. The number of rotatable bonds is 10. The van der Waals surface area contributed by atoms with E-state index in [9.17, 15) is 29.1 Å². The maximum Gasteiger partial charge on any atom is 0.326 e. The molecule has 0 aromatic heterocycles. The second kappa shape index (κ2) is 10.2. The van der Waals surface area contributed by atoms with E-state index in [-0.39, 0.29) is 0 Å². The van der Waals surface area contributed by atoms with Crippen LogP contribution in [-0.2, 0) is 24.0 Å². The van der Waals surface area contributed by atoms with Gasteiger partial charge in [-0.05, 0) is 13.8 Å². The molecule has 0 aromatic carbocycles. The molecular formula is C13H22N4O8. The van der Waals surface area contributed by atoms with Crippen molar-refractivity contribution in [2.75, 3.05) is 6.61 Å². The minimum atomic E-state index is -1.73. The Morgan fingerprint density at radius 2 is 1.40 bits per heavy atom. The van der Waals surface area contributed by atoms with Crippen LogP contribution in [0.2, 0.25) is 0 Å². The summed E-state index contributed by atoms with van der Waals surface area (Å²) in [5.74, 6) is -5.57. The molecule has 25 heavy (non-hydrogen) atoms. The number of carboxylic acid groups (broad SMARTS) is 2. The van der Waals surface area contributed by atoms with Crippen molar-refractivity contribution in [1.82, 2.24) is 16.0 Å². The number of aliphatic carboxylic acids is 2. The molecule has 0 saturated heterocycles. The van der Waals surface area contributed by atoms with Gasteiger partial charge in [0.2, 0.25) is 17.7 Å². The minimum Gasteiger partial charge on any atom is -0.481 e. The highest BCUT2D eigenvalue weighted by atomic mass is 16.4. The van der Waals surface area contributed by atoms with Gasteiger partial charge >= 0.3 is 11.9 Å². The van der Waals surface area contributed by atoms with Crippen LogP contribution >= 0.6 is 0 Å². The van der Waals surface area contributed by atoms with E-state index >= 15 is 0 Å². The summed E-state index contributed by atoms with van der Waals surface area (Å²) in [5.41, 5.74) is 5.33. The number of aliphatic hydroxyl groups excluding tert-OH is 1. The quantitative estimate of drug-likeness (QED) is 0.204. The fourth-order valence-corrected chi connectivity index (χ4v) is 1.55. The Morgan fingerprint density at radius 1 is 0.880 bits per heavy atom. The molecule has 0 aromatic rings. The Labute approximate surface area is 142 Å². The zero-order valence-corrected chi connectivity index (χ0v) is 13.7. The van der Waals surface area contributed by atoms with Crippen LogP contribution in [0.1, 0.15) is 20.3 Å². The Kier molecular flexibility index (Phi) is 9.09. The lowest BCUT2D eigenvalue weighted by Gasteiger charge is -2.21. The molecule has 0 aliphatic rings. The van der Waals surface area contributed by atoms with Crippen molar-refractivity contribution >= 4 is 29.7 Å². The SMILES string of the molecule is CC(N)C(=O)NC(C)C(=O)NC(CO)C(=O)NC(CC(=O)O)C(=O)O. The van der Waals surface area contributed by atoms with Crippen molar-refractivity contribution in [2.45, 2.75) is 44.4 Å². The Morgan fingerprint density at radius 3 is 1.80 bits per heavy atom. The first-order valence-electron chi connectivity index (χ1n) is 7.21. The predicted octanol–water partition coefficient (Wildman–Crippen LogP) is -3.64. The molecule has 0 rings (SSSR count). The summed E-state index contributed by atoms with van der Waals surface area (Å²) < 4.78 is 0. The summed E-state index contributed by atoms with van der Waals surface area (Å²) >= 11 is 0. The zero-order valence-electron chi connectivity index (χ0n) is 13.7. The molecule has 0 aliphatic heterocycles. The largest absolute Gasteiger partial charge is 0.481 e. The molecular weight excluding hydrogens is 340 g/mol. The number of aliphatic hydroxyl groups is 1. The van der Waals surface area contributed by atoms with Gasteiger partial charge in [0.1, 0.15) is 18.1 Å². The van der Waals surface area contributed by atoms with E-state index in [1.54, 1.807) is 0 Å². The first kappa shape index (κ1) is 22.3. The minimum absolute atomic E-state index is 0.611. The van der Waals surface area contributed by atoms with Crippen LogP contribution in [0.5, 0.6) is 0 Å². The van der Waals surface area contributed by atoms with Gasteiger partial charge in [-0.1, -0.05) is 0 Å². The van der Waals surface area contributed by atoms with Crippen molar-refractivity contribution in [3.8, 4) is 0 Å². The molecule has 0 heterocycles. The van der Waals surface area contributed by atoms with Crippen molar-refractivity contribution in [3.05, 3.63) is 0 Å². The Hall–Kier alpha value is -2.73. The normalized spacial score (nSPS) is 15.2. The average Bonchev–Trinajstić information content (AvgIpc) is 2.50. The molecule has 0 radical (unpaired) electrons. The molecule has 0 aliphatic carbocycles. The highest BCUT2D eigenvalue weighted by Gasteiger charge is 2.29. The molecule has 0 spiro atoms. The van der Waals surface area contributed by atoms with Crippen molar-refractivity contribution in [3.63, 3.8) is 0 Å². The van der Waals surface area contributed by atoms with Crippen LogP contribution in [0.3, 0.4) is 0 Å². The maximum atomic E-state index is 11.9. The lowest BCUT2D eigenvalue weighted by Crippen LogP contribution is -2.57. The highest BCUT2D eigenvalue weighted by molar-refractivity contribution is 5.94. The predicted molar refractivity (Wildman–Crippen MR) is 82.1 cm³/mol. The van der Waals surface area contributed by atoms with Crippen molar-refractivity contribution < 1.29 is 39.3 Å². The smallest absolute Gasteiger partial charge is 0.326 e. The monoisotopic (exact) mass is 362 g/mol. The summed E-state index contributed by atoms with van der Waals surface area (Å²) in [6.07, 6.45) is -0.881. The Bertz CT molecular complexity index is 536. The molecule has 142 valence electrons. The van der Waals surface area contributed by atoms with Gasteiger partial charge in [-0.3, -0.25) is 19.2 Å². The van der Waals surface area contributed by atoms with Gasteiger partial charge < -0.3 is 37.0 Å². The maximum absolute atomic E-state index is 11.9. The second-order valence-electron chi connectivity index (χ2n) is 5.26. The average molecular weight is 362 g/mol. The number of carbonyl (C=O) groups is 5. The van der Waals surface area contributed by atoms with E-state index in [4.69, 9.17) is 15.9 Å². The van der Waals surface area contributed by atoms with Crippen LogP contribution in [0.15, 0.2) is 0 Å². The molecule has 4 unspecified atom stereocenters. The van der Waals surface area contributed by atoms with E-state index in [0.29, 0.717) is 0 Å². The van der Waals surface area contributed by atoms with Gasteiger partial charge in [0.05, 0.1) is 19.1 Å².